The average molecular weight is 320 g/mol. The molecule has 2 heterocycles. The summed E-state index contributed by atoms with van der Waals surface area (Å²) in [5.74, 6) is 0. The Kier molecular flexibility index (Phi) is 5.77. The van der Waals surface area contributed by atoms with Gasteiger partial charge in [-0.1, -0.05) is 6.07 Å². The van der Waals surface area contributed by atoms with Crippen LogP contribution in [0.3, 0.4) is 0 Å². The molecule has 0 saturated carbocycles. The third-order valence-electron chi connectivity index (χ3n) is 1.60. The van der Waals surface area contributed by atoms with Crippen LogP contribution in [0.25, 0.3) is 0 Å². The molecule has 0 spiro atoms. The van der Waals surface area contributed by atoms with Crippen LogP contribution in [0, 0.1) is 0 Å². The summed E-state index contributed by atoms with van der Waals surface area (Å²) in [5.41, 5.74) is 0. The largest absolute Gasteiger partial charge is 1.00 e. The van der Waals surface area contributed by atoms with Crippen LogP contribution in [0.2, 0.25) is 0 Å². The number of nitrogens with zero attached hydrogens (tertiary/aromatic N) is 2. The van der Waals surface area contributed by atoms with E-state index in [9.17, 15) is 25.2 Å². The molecule has 0 aromatic carbocycles. The molecule has 2 aromatic heterocycles. The fourth-order valence-electron chi connectivity index (χ4n) is 0.894. The molecule has 0 amide bonds. The summed E-state index contributed by atoms with van der Waals surface area (Å²) in [6, 6.07) is 9.78. The molecule has 0 aliphatic carbocycles. The average Bonchev–Trinajstić information content (AvgIpc) is 2.81. The quantitative estimate of drug-likeness (QED) is 0.459. The van der Waals surface area contributed by atoms with E-state index in [4.69, 9.17) is 0 Å². The second kappa shape index (κ2) is 6.26. The van der Waals surface area contributed by atoms with Gasteiger partial charge in [0.1, 0.15) is 0 Å². The molecule has 9 heteroatoms. The molecule has 0 bridgehead atoms. The van der Waals surface area contributed by atoms with Crippen LogP contribution in [0.4, 0.5) is 25.2 Å². The van der Waals surface area contributed by atoms with E-state index in [2.05, 4.69) is 28.9 Å². The van der Waals surface area contributed by atoms with Gasteiger partial charge in [-0.3, -0.25) is 4.98 Å². The standard InChI is InChI=1S/C6H9N.C5H5N.F6P/c1-2-7-5-3-4-6-7;1-2-4-6-5-3-1;1-7(2,3,4,5)6/h3-6H,2H2,1H3;1-5H;/q;;-1/p+1. The van der Waals surface area contributed by atoms with E-state index in [-0.39, 0.29) is 1.43 Å². The van der Waals surface area contributed by atoms with Crippen LogP contribution in [-0.4, -0.2) is 9.55 Å². The normalized spacial score (nSPS) is 13.8. The van der Waals surface area contributed by atoms with Gasteiger partial charge >= 0.3 is 34.4 Å². The molecule has 0 atom stereocenters. The van der Waals surface area contributed by atoms with Gasteiger partial charge in [0.25, 0.3) is 0 Å². The van der Waals surface area contributed by atoms with E-state index in [1.165, 1.54) is 0 Å². The second-order valence-electron chi connectivity index (χ2n) is 3.50. The Bertz CT molecular complexity index is 433. The van der Waals surface area contributed by atoms with E-state index >= 15 is 0 Å². The zero-order valence-electron chi connectivity index (χ0n) is 11.5. The predicted molar refractivity (Wildman–Crippen MR) is 69.0 cm³/mol. The number of hydrogen-bond acceptors (Lipinski definition) is 1. The van der Waals surface area contributed by atoms with E-state index < -0.39 is 7.81 Å². The van der Waals surface area contributed by atoms with Crippen molar-refractivity contribution in [2.24, 2.45) is 0 Å². The SMILES string of the molecule is CCn1cccc1.F[P-](F)(F)(F)(F)F.[H+].c1ccncc1. The number of halogens is 6. The molecule has 0 saturated heterocycles. The van der Waals surface area contributed by atoms with E-state index in [0.717, 1.165) is 6.54 Å². The molecule has 0 aliphatic rings. The number of pyridine rings is 1. The fourth-order valence-corrected chi connectivity index (χ4v) is 0.894. The molecule has 2 aromatic rings. The van der Waals surface area contributed by atoms with Crippen molar-refractivity contribution in [1.82, 2.24) is 9.55 Å². The van der Waals surface area contributed by atoms with Gasteiger partial charge in [0.2, 0.25) is 0 Å². The molecular weight excluding hydrogens is 305 g/mol. The molecule has 116 valence electrons. The minimum absolute atomic E-state index is 0. The van der Waals surface area contributed by atoms with Crippen LogP contribution in [0.5, 0.6) is 0 Å². The van der Waals surface area contributed by atoms with Gasteiger partial charge in [0.05, 0.1) is 0 Å². The Balaban J connectivity index is 0. The maximum Gasteiger partial charge on any atom is 1.00 e. The zero-order valence-corrected chi connectivity index (χ0v) is 11.4. The molecule has 2 nitrogen and oxygen atoms in total. The molecule has 0 radical (unpaired) electrons. The topological polar surface area (TPSA) is 17.8 Å². The van der Waals surface area contributed by atoms with Crippen molar-refractivity contribution in [3.63, 3.8) is 0 Å². The Morgan fingerprint density at radius 2 is 1.25 bits per heavy atom. The molecule has 0 aliphatic heterocycles. The Hall–Kier alpha value is -1.56. The summed E-state index contributed by atoms with van der Waals surface area (Å²) in [5, 5.41) is 0. The summed E-state index contributed by atoms with van der Waals surface area (Å²) < 4.78 is 61.3. The molecule has 0 N–H and O–H groups in total. The maximum atomic E-state index is 9.87. The Morgan fingerprint density at radius 3 is 1.40 bits per heavy atom. The number of aryl methyl sites for hydroxylation is 1. The molecule has 0 fully saturated rings. The van der Waals surface area contributed by atoms with Crippen LogP contribution >= 0.6 is 7.81 Å². The number of hydrogen-bond donors (Lipinski definition) is 0. The number of aromatic nitrogens is 2. The zero-order chi connectivity index (χ0) is 15.8. The monoisotopic (exact) mass is 320 g/mol. The van der Waals surface area contributed by atoms with Crippen LogP contribution < -0.4 is 0 Å². The third kappa shape index (κ3) is 21.7. The van der Waals surface area contributed by atoms with Crippen LogP contribution in [-0.2, 0) is 6.54 Å². The van der Waals surface area contributed by atoms with Gasteiger partial charge in [-0.2, -0.15) is 0 Å². The van der Waals surface area contributed by atoms with Crippen molar-refractivity contribution in [3.05, 3.63) is 55.1 Å². The van der Waals surface area contributed by atoms with Crippen molar-refractivity contribution in [1.29, 1.82) is 0 Å². The van der Waals surface area contributed by atoms with Gasteiger partial charge in [-0.25, -0.2) is 0 Å². The summed E-state index contributed by atoms with van der Waals surface area (Å²) in [7, 11) is -10.7. The second-order valence-corrected chi connectivity index (χ2v) is 5.41. The first kappa shape index (κ1) is 18.4. The molecule has 2 rings (SSSR count). The summed E-state index contributed by atoms with van der Waals surface area (Å²) in [6.45, 7) is 3.20. The van der Waals surface area contributed by atoms with Gasteiger partial charge in [0, 0.05) is 31.3 Å². The van der Waals surface area contributed by atoms with Gasteiger partial charge in [-0.05, 0) is 31.2 Å². The van der Waals surface area contributed by atoms with E-state index in [0.29, 0.717) is 0 Å². The summed E-state index contributed by atoms with van der Waals surface area (Å²) in [4.78, 5) is 3.78. The first-order valence-corrected chi connectivity index (χ1v) is 7.43. The predicted octanol–water partition coefficient (Wildman–Crippen LogP) is 6.08. The first-order valence-electron chi connectivity index (χ1n) is 5.40. The van der Waals surface area contributed by atoms with Gasteiger partial charge in [0.15, 0.2) is 0 Å². The fraction of sp³-hybridized carbons (Fsp3) is 0.182. The minimum Gasteiger partial charge on any atom is -0.265 e. The van der Waals surface area contributed by atoms with Crippen LogP contribution in [0.1, 0.15) is 8.35 Å². The Morgan fingerprint density at radius 1 is 0.850 bits per heavy atom. The van der Waals surface area contributed by atoms with Gasteiger partial charge in [-0.15, -0.1) is 0 Å². The minimum atomic E-state index is -10.7. The van der Waals surface area contributed by atoms with Gasteiger partial charge < -0.3 is 4.57 Å². The van der Waals surface area contributed by atoms with Crippen molar-refractivity contribution in [3.8, 4) is 0 Å². The van der Waals surface area contributed by atoms with E-state index in [1.54, 1.807) is 12.4 Å². The van der Waals surface area contributed by atoms with Crippen molar-refractivity contribution >= 4 is 7.81 Å². The van der Waals surface area contributed by atoms with E-state index in [1.807, 2.05) is 30.3 Å². The van der Waals surface area contributed by atoms with Crippen molar-refractivity contribution < 1.29 is 26.6 Å². The number of rotatable bonds is 1. The molecule has 20 heavy (non-hydrogen) atoms. The van der Waals surface area contributed by atoms with Crippen molar-refractivity contribution in [2.75, 3.05) is 0 Å². The maximum absolute atomic E-state index is 10.7. The smallest absolute Gasteiger partial charge is 0.265 e. The Labute approximate surface area is 113 Å². The van der Waals surface area contributed by atoms with Crippen molar-refractivity contribution in [2.45, 2.75) is 13.5 Å². The molecular formula is C11H15F6N2P. The third-order valence-corrected chi connectivity index (χ3v) is 1.60. The molecule has 0 unspecified atom stereocenters. The first-order chi connectivity index (χ1) is 8.88. The van der Waals surface area contributed by atoms with Crippen LogP contribution in [0.15, 0.2) is 55.1 Å². The summed E-state index contributed by atoms with van der Waals surface area (Å²) in [6.07, 6.45) is 7.61. The summed E-state index contributed by atoms with van der Waals surface area (Å²) >= 11 is 0.